The van der Waals surface area contributed by atoms with E-state index >= 15 is 0 Å². The Kier molecular flexibility index (Phi) is 4.57. The Hall–Kier alpha value is -2.82. The zero-order chi connectivity index (χ0) is 16.1. The van der Waals surface area contributed by atoms with E-state index in [0.717, 1.165) is 11.1 Å². The summed E-state index contributed by atoms with van der Waals surface area (Å²) in [5.41, 5.74) is 1.86. The van der Waals surface area contributed by atoms with Gasteiger partial charge < -0.3 is 9.47 Å². The molecule has 0 radical (unpaired) electrons. The molecule has 0 bridgehead atoms. The minimum absolute atomic E-state index is 0.0655. The number of carbonyl (C=O) groups excluding carboxylic acids is 2. The van der Waals surface area contributed by atoms with Gasteiger partial charge in [-0.3, -0.25) is 4.90 Å². The van der Waals surface area contributed by atoms with Crippen LogP contribution < -0.4 is 0 Å². The predicted octanol–water partition coefficient (Wildman–Crippen LogP) is 2.75. The van der Waals surface area contributed by atoms with Gasteiger partial charge in [-0.05, 0) is 11.1 Å². The number of cyclic esters (lactones) is 1. The molecule has 2 aromatic carbocycles. The summed E-state index contributed by atoms with van der Waals surface area (Å²) in [7, 11) is 0. The molecule has 0 saturated carbocycles. The van der Waals surface area contributed by atoms with Gasteiger partial charge in [0.05, 0.1) is 0 Å². The molecule has 0 unspecified atom stereocenters. The van der Waals surface area contributed by atoms with Crippen molar-refractivity contribution < 1.29 is 19.1 Å². The van der Waals surface area contributed by atoms with Crippen LogP contribution in [0.1, 0.15) is 11.1 Å². The van der Waals surface area contributed by atoms with E-state index in [9.17, 15) is 9.59 Å². The third-order valence-corrected chi connectivity index (χ3v) is 3.71. The number of ether oxygens (including phenoxy) is 2. The second-order valence-electron chi connectivity index (χ2n) is 5.31. The predicted molar refractivity (Wildman–Crippen MR) is 83.4 cm³/mol. The van der Waals surface area contributed by atoms with E-state index in [1.165, 1.54) is 4.90 Å². The summed E-state index contributed by atoms with van der Waals surface area (Å²) in [4.78, 5) is 25.5. The smallest absolute Gasteiger partial charge is 0.413 e. The van der Waals surface area contributed by atoms with Crippen LogP contribution in [0.15, 0.2) is 60.7 Å². The van der Waals surface area contributed by atoms with E-state index in [1.54, 1.807) is 0 Å². The summed E-state index contributed by atoms with van der Waals surface area (Å²) in [6.45, 7) is 0.104. The van der Waals surface area contributed by atoms with Crippen molar-refractivity contribution in [3.63, 3.8) is 0 Å². The van der Waals surface area contributed by atoms with Crippen LogP contribution in [-0.4, -0.2) is 29.7 Å². The molecule has 1 saturated heterocycles. The normalized spacial score (nSPS) is 17.0. The SMILES string of the molecule is O=C1OCN(C(=O)OCc2ccccc2)[C@H]1Cc1ccccc1. The van der Waals surface area contributed by atoms with Gasteiger partial charge in [-0.25, -0.2) is 9.59 Å². The summed E-state index contributed by atoms with van der Waals surface area (Å²) in [6, 6.07) is 18.3. The van der Waals surface area contributed by atoms with Crippen LogP contribution in [0, 0.1) is 0 Å². The molecule has 1 aliphatic rings. The van der Waals surface area contributed by atoms with Crippen molar-refractivity contribution in [3.8, 4) is 0 Å². The molecule has 5 heteroatoms. The number of esters is 1. The van der Waals surface area contributed by atoms with Crippen molar-refractivity contribution >= 4 is 12.1 Å². The van der Waals surface area contributed by atoms with Crippen molar-refractivity contribution in [2.45, 2.75) is 19.1 Å². The molecule has 0 spiro atoms. The molecule has 0 aromatic heterocycles. The Labute approximate surface area is 134 Å². The van der Waals surface area contributed by atoms with Crippen LogP contribution in [0.5, 0.6) is 0 Å². The van der Waals surface area contributed by atoms with E-state index in [2.05, 4.69) is 0 Å². The first-order chi connectivity index (χ1) is 11.2. The Morgan fingerprint density at radius 3 is 2.30 bits per heavy atom. The molecule has 1 heterocycles. The third-order valence-electron chi connectivity index (χ3n) is 3.71. The lowest BCUT2D eigenvalue weighted by Crippen LogP contribution is -2.39. The largest absolute Gasteiger partial charge is 0.444 e. The van der Waals surface area contributed by atoms with Crippen LogP contribution in [-0.2, 0) is 27.3 Å². The molecule has 2 aromatic rings. The van der Waals surface area contributed by atoms with Crippen molar-refractivity contribution in [1.82, 2.24) is 4.90 Å². The van der Waals surface area contributed by atoms with Crippen molar-refractivity contribution in [1.29, 1.82) is 0 Å². The fourth-order valence-corrected chi connectivity index (χ4v) is 2.46. The number of carbonyl (C=O) groups is 2. The van der Waals surface area contributed by atoms with Gasteiger partial charge in [0.15, 0.2) is 6.73 Å². The first-order valence-electron chi connectivity index (χ1n) is 7.42. The number of benzene rings is 2. The van der Waals surface area contributed by atoms with Crippen molar-refractivity contribution in [2.24, 2.45) is 0 Å². The van der Waals surface area contributed by atoms with E-state index < -0.39 is 18.1 Å². The van der Waals surface area contributed by atoms with Gasteiger partial charge in [0.1, 0.15) is 12.6 Å². The number of nitrogens with zero attached hydrogens (tertiary/aromatic N) is 1. The van der Waals surface area contributed by atoms with Gasteiger partial charge in [0, 0.05) is 6.42 Å². The van der Waals surface area contributed by atoms with Gasteiger partial charge in [-0.15, -0.1) is 0 Å². The Balaban J connectivity index is 1.63. The van der Waals surface area contributed by atoms with Gasteiger partial charge in [0.2, 0.25) is 0 Å². The van der Waals surface area contributed by atoms with E-state index in [-0.39, 0.29) is 13.3 Å². The fraction of sp³-hybridized carbons (Fsp3) is 0.222. The summed E-state index contributed by atoms with van der Waals surface area (Å²) in [6.07, 6.45) is -0.124. The average Bonchev–Trinajstić information content (AvgIpc) is 2.95. The lowest BCUT2D eigenvalue weighted by molar-refractivity contribution is -0.139. The number of amides is 1. The molecule has 5 nitrogen and oxygen atoms in total. The number of rotatable bonds is 4. The molecule has 3 rings (SSSR count). The highest BCUT2D eigenvalue weighted by Crippen LogP contribution is 2.18. The summed E-state index contributed by atoms with van der Waals surface area (Å²) in [5.74, 6) is -0.398. The van der Waals surface area contributed by atoms with Crippen LogP contribution >= 0.6 is 0 Å². The van der Waals surface area contributed by atoms with E-state index in [0.29, 0.717) is 6.42 Å². The Bertz CT molecular complexity index is 672. The molecule has 118 valence electrons. The minimum atomic E-state index is -0.638. The molecule has 0 aliphatic carbocycles. The molecule has 23 heavy (non-hydrogen) atoms. The van der Waals surface area contributed by atoms with Crippen LogP contribution in [0.25, 0.3) is 0 Å². The number of hydrogen-bond acceptors (Lipinski definition) is 4. The van der Waals surface area contributed by atoms with Crippen molar-refractivity contribution in [2.75, 3.05) is 6.73 Å². The van der Waals surface area contributed by atoms with Gasteiger partial charge in [-0.1, -0.05) is 60.7 Å². The lowest BCUT2D eigenvalue weighted by atomic mass is 10.1. The van der Waals surface area contributed by atoms with Crippen LogP contribution in [0.4, 0.5) is 4.79 Å². The zero-order valence-corrected chi connectivity index (χ0v) is 12.6. The molecule has 1 fully saturated rings. The first kappa shape index (κ1) is 15.1. The molecule has 1 aliphatic heterocycles. The lowest BCUT2D eigenvalue weighted by Gasteiger charge is -2.19. The average molecular weight is 311 g/mol. The maximum absolute atomic E-state index is 12.2. The van der Waals surface area contributed by atoms with Gasteiger partial charge in [0.25, 0.3) is 0 Å². The standard InChI is InChI=1S/C18H17NO4/c20-17-16(11-14-7-3-1-4-8-14)19(13-23-17)18(21)22-12-15-9-5-2-6-10-15/h1-10,16H,11-13H2/t16-/m0/s1. The summed E-state index contributed by atoms with van der Waals surface area (Å²) >= 11 is 0. The molecule has 0 N–H and O–H groups in total. The second-order valence-corrected chi connectivity index (χ2v) is 5.31. The number of hydrogen-bond donors (Lipinski definition) is 0. The summed E-state index contributed by atoms with van der Waals surface area (Å²) < 4.78 is 10.3. The van der Waals surface area contributed by atoms with Gasteiger partial charge >= 0.3 is 12.1 Å². The third kappa shape index (κ3) is 3.69. The Morgan fingerprint density at radius 2 is 1.65 bits per heavy atom. The maximum Gasteiger partial charge on any atom is 0.413 e. The van der Waals surface area contributed by atoms with Gasteiger partial charge in [-0.2, -0.15) is 0 Å². The summed E-state index contributed by atoms with van der Waals surface area (Å²) in [5, 5.41) is 0. The fourth-order valence-electron chi connectivity index (χ4n) is 2.46. The van der Waals surface area contributed by atoms with Crippen LogP contribution in [0.2, 0.25) is 0 Å². The van der Waals surface area contributed by atoms with E-state index in [1.807, 2.05) is 60.7 Å². The van der Waals surface area contributed by atoms with Crippen molar-refractivity contribution in [3.05, 3.63) is 71.8 Å². The Morgan fingerprint density at radius 1 is 1.04 bits per heavy atom. The first-order valence-corrected chi connectivity index (χ1v) is 7.42. The molecular formula is C18H17NO4. The topological polar surface area (TPSA) is 55.8 Å². The minimum Gasteiger partial charge on any atom is -0.444 e. The second kappa shape index (κ2) is 6.96. The highest BCUT2D eigenvalue weighted by Gasteiger charge is 2.38. The molecule has 1 atom stereocenters. The molecule has 1 amide bonds. The highest BCUT2D eigenvalue weighted by molar-refractivity contribution is 5.84. The molecular weight excluding hydrogens is 294 g/mol. The maximum atomic E-state index is 12.2. The quantitative estimate of drug-likeness (QED) is 0.815. The van der Waals surface area contributed by atoms with E-state index in [4.69, 9.17) is 9.47 Å². The highest BCUT2D eigenvalue weighted by atomic mass is 16.6. The monoisotopic (exact) mass is 311 g/mol. The zero-order valence-electron chi connectivity index (χ0n) is 12.6. The van der Waals surface area contributed by atoms with Crippen LogP contribution in [0.3, 0.4) is 0 Å².